The van der Waals surface area contributed by atoms with Gasteiger partial charge in [0, 0.05) is 49.9 Å². The van der Waals surface area contributed by atoms with Crippen LogP contribution in [0.3, 0.4) is 0 Å². The molecule has 0 radical (unpaired) electrons. The molecule has 2 aromatic rings. The molecule has 28 heavy (non-hydrogen) atoms. The van der Waals surface area contributed by atoms with Gasteiger partial charge in [-0.1, -0.05) is 6.07 Å². The lowest BCUT2D eigenvalue weighted by atomic mass is 9.98. The quantitative estimate of drug-likeness (QED) is 0.793. The van der Waals surface area contributed by atoms with Crippen LogP contribution in [0, 0.1) is 0 Å². The molecule has 2 bridgehead atoms. The summed E-state index contributed by atoms with van der Waals surface area (Å²) in [4.78, 5) is 14.6. The van der Waals surface area contributed by atoms with Crippen LogP contribution >= 0.6 is 0 Å². The second-order valence-electron chi connectivity index (χ2n) is 8.03. The Bertz CT molecular complexity index is 843. The predicted octanol–water partition coefficient (Wildman–Crippen LogP) is 3.36. The number of aromatic nitrogens is 2. The highest BCUT2D eigenvalue weighted by Crippen LogP contribution is 2.45. The Balaban J connectivity index is 1.44. The van der Waals surface area contributed by atoms with Crippen molar-refractivity contribution in [1.29, 1.82) is 0 Å². The molecule has 4 heterocycles. The molecule has 0 saturated carbocycles. The zero-order valence-corrected chi connectivity index (χ0v) is 16.7. The van der Waals surface area contributed by atoms with Crippen LogP contribution in [0.4, 0.5) is 5.95 Å². The van der Waals surface area contributed by atoms with E-state index in [1.54, 1.807) is 14.2 Å². The Hall–Kier alpha value is -2.34. The number of benzene rings is 1. The van der Waals surface area contributed by atoms with Gasteiger partial charge in [-0.05, 0) is 37.8 Å². The summed E-state index contributed by atoms with van der Waals surface area (Å²) in [7, 11) is 3.46. The molecule has 0 spiro atoms. The summed E-state index contributed by atoms with van der Waals surface area (Å²) in [5.41, 5.74) is 3.70. The van der Waals surface area contributed by atoms with E-state index in [1.807, 2.05) is 18.2 Å². The highest BCUT2D eigenvalue weighted by atomic mass is 16.5. The molecule has 6 nitrogen and oxygen atoms in total. The van der Waals surface area contributed by atoms with Crippen LogP contribution in [0.2, 0.25) is 0 Å². The van der Waals surface area contributed by atoms with Gasteiger partial charge in [0.15, 0.2) is 0 Å². The molecule has 2 fully saturated rings. The predicted molar refractivity (Wildman–Crippen MR) is 108 cm³/mol. The SMILES string of the molecule is COc1cccc(OC)c1CN1[C@@H]2CC[C@@H]1c1cnc(N3CCCC3)nc1C2. The molecule has 0 N–H and O–H groups in total. The first-order valence-corrected chi connectivity index (χ1v) is 10.3. The van der Waals surface area contributed by atoms with Crippen LogP contribution < -0.4 is 14.4 Å². The number of fused-ring (bicyclic) bond motifs is 4. The van der Waals surface area contributed by atoms with Gasteiger partial charge < -0.3 is 14.4 Å². The Labute approximate surface area is 166 Å². The molecule has 148 valence electrons. The topological polar surface area (TPSA) is 50.7 Å². The third-order valence-electron chi connectivity index (χ3n) is 6.58. The monoisotopic (exact) mass is 380 g/mol. The Morgan fingerprint density at radius 1 is 1.07 bits per heavy atom. The Morgan fingerprint density at radius 2 is 1.82 bits per heavy atom. The third-order valence-corrected chi connectivity index (χ3v) is 6.58. The van der Waals surface area contributed by atoms with Crippen LogP contribution in [0.15, 0.2) is 24.4 Å². The summed E-state index contributed by atoms with van der Waals surface area (Å²) in [5, 5.41) is 0. The van der Waals surface area contributed by atoms with Crippen molar-refractivity contribution < 1.29 is 9.47 Å². The maximum absolute atomic E-state index is 5.63. The molecule has 0 aliphatic carbocycles. The van der Waals surface area contributed by atoms with Gasteiger partial charge in [-0.2, -0.15) is 0 Å². The third kappa shape index (κ3) is 2.91. The van der Waals surface area contributed by atoms with Gasteiger partial charge in [0.05, 0.1) is 25.5 Å². The average Bonchev–Trinajstić information content (AvgIpc) is 3.35. The lowest BCUT2D eigenvalue weighted by Gasteiger charge is -2.36. The maximum atomic E-state index is 5.63. The van der Waals surface area contributed by atoms with Gasteiger partial charge in [-0.3, -0.25) is 4.90 Å². The molecule has 0 unspecified atom stereocenters. The summed E-state index contributed by atoms with van der Waals surface area (Å²) in [6, 6.07) is 6.92. The van der Waals surface area contributed by atoms with Crippen molar-refractivity contribution in [3.05, 3.63) is 41.2 Å². The van der Waals surface area contributed by atoms with E-state index in [1.165, 1.54) is 36.9 Å². The molecule has 5 rings (SSSR count). The summed E-state index contributed by atoms with van der Waals surface area (Å²) in [6.07, 6.45) is 7.97. The van der Waals surface area contributed by atoms with Crippen molar-refractivity contribution in [2.45, 2.75) is 50.7 Å². The minimum atomic E-state index is 0.385. The van der Waals surface area contributed by atoms with Crippen molar-refractivity contribution in [3.63, 3.8) is 0 Å². The normalized spacial score (nSPS) is 23.7. The van der Waals surface area contributed by atoms with E-state index in [4.69, 9.17) is 19.4 Å². The van der Waals surface area contributed by atoms with Gasteiger partial charge in [0.2, 0.25) is 5.95 Å². The molecule has 2 saturated heterocycles. The number of ether oxygens (including phenoxy) is 2. The fourth-order valence-corrected chi connectivity index (χ4v) is 5.15. The summed E-state index contributed by atoms with van der Waals surface area (Å²) < 4.78 is 11.3. The van der Waals surface area contributed by atoms with E-state index in [-0.39, 0.29) is 0 Å². The molecule has 6 heteroatoms. The van der Waals surface area contributed by atoms with Gasteiger partial charge in [0.25, 0.3) is 0 Å². The zero-order valence-electron chi connectivity index (χ0n) is 16.7. The first-order valence-electron chi connectivity index (χ1n) is 10.3. The van der Waals surface area contributed by atoms with E-state index in [2.05, 4.69) is 16.0 Å². The maximum Gasteiger partial charge on any atom is 0.225 e. The van der Waals surface area contributed by atoms with Gasteiger partial charge in [-0.15, -0.1) is 0 Å². The standard InChI is InChI=1S/C22H28N4O2/c1-27-20-6-5-7-21(28-2)17(20)14-26-15-8-9-19(26)16-13-23-22(24-18(16)12-15)25-10-3-4-11-25/h5-7,13,15,19H,3-4,8-12,14H2,1-2H3/t15-,19-/m1/s1. The van der Waals surface area contributed by atoms with Crippen molar-refractivity contribution in [1.82, 2.24) is 14.9 Å². The Morgan fingerprint density at radius 3 is 2.54 bits per heavy atom. The van der Waals surface area contributed by atoms with Gasteiger partial charge in [0.1, 0.15) is 11.5 Å². The molecule has 1 aromatic carbocycles. The van der Waals surface area contributed by atoms with E-state index < -0.39 is 0 Å². The smallest absolute Gasteiger partial charge is 0.225 e. The number of anilines is 1. The number of hydrogen-bond acceptors (Lipinski definition) is 6. The molecule has 0 amide bonds. The largest absolute Gasteiger partial charge is 0.496 e. The van der Waals surface area contributed by atoms with Gasteiger partial charge in [-0.25, -0.2) is 9.97 Å². The van der Waals surface area contributed by atoms with Crippen LogP contribution in [-0.2, 0) is 13.0 Å². The van der Waals surface area contributed by atoms with Crippen LogP contribution in [0.25, 0.3) is 0 Å². The first kappa shape index (κ1) is 17.7. The van der Waals surface area contributed by atoms with E-state index in [0.717, 1.165) is 49.1 Å². The highest BCUT2D eigenvalue weighted by molar-refractivity contribution is 5.45. The lowest BCUT2D eigenvalue weighted by molar-refractivity contribution is 0.162. The van der Waals surface area contributed by atoms with Crippen molar-refractivity contribution in [2.75, 3.05) is 32.2 Å². The summed E-state index contributed by atoms with van der Waals surface area (Å²) in [5.74, 6) is 2.71. The second-order valence-corrected chi connectivity index (χ2v) is 8.03. The second kappa shape index (κ2) is 7.24. The molecule has 1 aromatic heterocycles. The Kier molecular flexibility index (Phi) is 4.59. The summed E-state index contributed by atoms with van der Waals surface area (Å²) >= 11 is 0. The molecular weight excluding hydrogens is 352 g/mol. The zero-order chi connectivity index (χ0) is 19.1. The highest BCUT2D eigenvalue weighted by Gasteiger charge is 2.41. The van der Waals surface area contributed by atoms with Crippen molar-refractivity contribution in [3.8, 4) is 11.5 Å². The van der Waals surface area contributed by atoms with Crippen molar-refractivity contribution in [2.24, 2.45) is 0 Å². The molecule has 3 aliphatic rings. The van der Waals surface area contributed by atoms with E-state index >= 15 is 0 Å². The minimum Gasteiger partial charge on any atom is -0.496 e. The molecular formula is C22H28N4O2. The number of nitrogens with zero attached hydrogens (tertiary/aromatic N) is 4. The fourth-order valence-electron chi connectivity index (χ4n) is 5.15. The van der Waals surface area contributed by atoms with E-state index in [0.29, 0.717) is 12.1 Å². The number of rotatable bonds is 5. The van der Waals surface area contributed by atoms with E-state index in [9.17, 15) is 0 Å². The van der Waals surface area contributed by atoms with Crippen LogP contribution in [0.5, 0.6) is 11.5 Å². The minimum absolute atomic E-state index is 0.385. The van der Waals surface area contributed by atoms with Crippen LogP contribution in [-0.4, -0.2) is 48.2 Å². The molecule has 3 aliphatic heterocycles. The van der Waals surface area contributed by atoms with Gasteiger partial charge >= 0.3 is 0 Å². The van der Waals surface area contributed by atoms with Crippen molar-refractivity contribution >= 4 is 5.95 Å². The summed E-state index contributed by atoms with van der Waals surface area (Å²) in [6.45, 7) is 3.01. The number of hydrogen-bond donors (Lipinski definition) is 0. The lowest BCUT2D eigenvalue weighted by Crippen LogP contribution is -2.38. The average molecular weight is 380 g/mol. The molecule has 2 atom stereocenters. The van der Waals surface area contributed by atoms with Crippen LogP contribution in [0.1, 0.15) is 48.5 Å². The fraction of sp³-hybridized carbons (Fsp3) is 0.545. The first-order chi connectivity index (χ1) is 13.8. The number of methoxy groups -OCH3 is 2.